The van der Waals surface area contributed by atoms with Gasteiger partial charge in [0, 0.05) is 5.69 Å². The van der Waals surface area contributed by atoms with Gasteiger partial charge in [0.2, 0.25) is 0 Å². The maximum Gasteiger partial charge on any atom is 0.358 e. The summed E-state index contributed by atoms with van der Waals surface area (Å²) in [6, 6.07) is 1.27. The third-order valence-corrected chi connectivity index (χ3v) is 1.59. The summed E-state index contributed by atoms with van der Waals surface area (Å²) < 4.78 is 29.6. The molecule has 0 aliphatic carbocycles. The van der Waals surface area contributed by atoms with E-state index in [2.05, 4.69) is 9.84 Å². The van der Waals surface area contributed by atoms with Gasteiger partial charge in [-0.3, -0.25) is 0 Å². The predicted molar refractivity (Wildman–Crippen MR) is 44.2 cm³/mol. The molecule has 0 aromatic carbocycles. The van der Waals surface area contributed by atoms with Gasteiger partial charge in [-0.2, -0.15) is 13.9 Å². The van der Waals surface area contributed by atoms with E-state index < -0.39 is 12.5 Å². The van der Waals surface area contributed by atoms with Gasteiger partial charge in [0.15, 0.2) is 5.69 Å². The third-order valence-electron chi connectivity index (χ3n) is 1.59. The van der Waals surface area contributed by atoms with Crippen LogP contribution >= 0.6 is 0 Å². The molecule has 1 aromatic heterocycles. The number of aryl methyl sites for hydroxylation is 1. The van der Waals surface area contributed by atoms with E-state index in [0.29, 0.717) is 4.68 Å². The van der Waals surface area contributed by atoms with Crippen LogP contribution in [0.5, 0.6) is 0 Å². The van der Waals surface area contributed by atoms with Crippen molar-refractivity contribution >= 4 is 5.97 Å². The summed E-state index contributed by atoms with van der Waals surface area (Å²) in [5.74, 6) is -0.685. The second-order valence-electron chi connectivity index (χ2n) is 2.61. The van der Waals surface area contributed by atoms with Crippen molar-refractivity contribution in [2.75, 3.05) is 6.61 Å². The number of carbonyl (C=O) groups is 1. The number of rotatable bonds is 3. The van der Waals surface area contributed by atoms with E-state index in [4.69, 9.17) is 0 Å². The number of carbonyl (C=O) groups excluding carboxylic acids is 1. The van der Waals surface area contributed by atoms with Crippen LogP contribution in [-0.4, -0.2) is 22.4 Å². The predicted octanol–water partition coefficient (Wildman–Crippen LogP) is 1.76. The second kappa shape index (κ2) is 4.17. The first-order valence-electron chi connectivity index (χ1n) is 4.07. The van der Waals surface area contributed by atoms with Crippen LogP contribution in [0.2, 0.25) is 0 Å². The zero-order chi connectivity index (χ0) is 10.7. The average molecular weight is 204 g/mol. The van der Waals surface area contributed by atoms with E-state index in [-0.39, 0.29) is 18.0 Å². The van der Waals surface area contributed by atoms with Gasteiger partial charge in [0.05, 0.1) is 6.61 Å². The fourth-order valence-corrected chi connectivity index (χ4v) is 0.990. The number of hydrogen-bond donors (Lipinski definition) is 0. The first kappa shape index (κ1) is 10.6. The highest BCUT2D eigenvalue weighted by molar-refractivity contribution is 5.87. The van der Waals surface area contributed by atoms with Gasteiger partial charge in [-0.25, -0.2) is 9.48 Å². The Bertz CT molecular complexity index is 336. The van der Waals surface area contributed by atoms with Crippen molar-refractivity contribution in [2.24, 2.45) is 0 Å². The minimum absolute atomic E-state index is 0.0929. The van der Waals surface area contributed by atoms with Crippen molar-refractivity contribution in [3.8, 4) is 0 Å². The highest BCUT2D eigenvalue weighted by Crippen LogP contribution is 2.13. The highest BCUT2D eigenvalue weighted by atomic mass is 19.3. The lowest BCUT2D eigenvalue weighted by Crippen LogP contribution is -2.08. The Labute approximate surface area is 79.5 Å². The summed E-state index contributed by atoms with van der Waals surface area (Å²) in [5.41, 5.74) is 0.132. The third kappa shape index (κ3) is 2.07. The molecule has 1 heterocycles. The lowest BCUT2D eigenvalue weighted by Gasteiger charge is -2.00. The molecule has 78 valence electrons. The van der Waals surface area contributed by atoms with E-state index in [1.807, 2.05) is 0 Å². The van der Waals surface area contributed by atoms with Crippen molar-refractivity contribution in [1.29, 1.82) is 0 Å². The molecule has 0 saturated carbocycles. The van der Waals surface area contributed by atoms with Crippen molar-refractivity contribution in [3.05, 3.63) is 17.5 Å². The van der Waals surface area contributed by atoms with Crippen molar-refractivity contribution in [1.82, 2.24) is 9.78 Å². The summed E-state index contributed by atoms with van der Waals surface area (Å²) in [4.78, 5) is 11.1. The molecule has 0 radical (unpaired) electrons. The van der Waals surface area contributed by atoms with Crippen molar-refractivity contribution in [2.45, 2.75) is 20.4 Å². The standard InChI is InChI=1S/C8H10F2N2O2/c1-3-14-7(13)6-4-5(2)12(11-6)8(9)10/h4,8H,3H2,1-2H3. The first-order valence-corrected chi connectivity index (χ1v) is 4.07. The molecule has 0 fully saturated rings. The van der Waals surface area contributed by atoms with Gasteiger partial charge in [-0.1, -0.05) is 0 Å². The summed E-state index contributed by atoms with van der Waals surface area (Å²) in [6.45, 7) is 0.536. The fourth-order valence-electron chi connectivity index (χ4n) is 0.990. The Morgan fingerprint density at radius 2 is 2.36 bits per heavy atom. The number of esters is 1. The molecule has 0 amide bonds. The minimum atomic E-state index is -2.74. The van der Waals surface area contributed by atoms with Crippen molar-refractivity contribution < 1.29 is 18.3 Å². The zero-order valence-corrected chi connectivity index (χ0v) is 7.83. The van der Waals surface area contributed by atoms with Gasteiger partial charge in [0.25, 0.3) is 0 Å². The molecular formula is C8H10F2N2O2. The molecule has 0 N–H and O–H groups in total. The van der Waals surface area contributed by atoms with E-state index in [1.165, 1.54) is 13.0 Å². The van der Waals surface area contributed by atoms with E-state index in [9.17, 15) is 13.6 Å². The topological polar surface area (TPSA) is 44.1 Å². The molecule has 0 saturated heterocycles. The van der Waals surface area contributed by atoms with Gasteiger partial charge >= 0.3 is 12.5 Å². The summed E-state index contributed by atoms with van der Waals surface area (Å²) in [7, 11) is 0. The largest absolute Gasteiger partial charge is 0.461 e. The second-order valence-corrected chi connectivity index (χ2v) is 2.61. The van der Waals surface area contributed by atoms with Gasteiger partial charge < -0.3 is 4.74 Å². The molecule has 0 bridgehead atoms. The summed E-state index contributed by atoms with van der Waals surface area (Å²) in [5, 5.41) is 3.42. The summed E-state index contributed by atoms with van der Waals surface area (Å²) >= 11 is 0. The number of halogens is 2. The van der Waals surface area contributed by atoms with E-state index >= 15 is 0 Å². The number of nitrogens with zero attached hydrogens (tertiary/aromatic N) is 2. The first-order chi connectivity index (χ1) is 6.56. The minimum Gasteiger partial charge on any atom is -0.461 e. The van der Waals surface area contributed by atoms with E-state index in [0.717, 1.165) is 0 Å². The number of hydrogen-bond acceptors (Lipinski definition) is 3. The van der Waals surface area contributed by atoms with Crippen LogP contribution < -0.4 is 0 Å². The van der Waals surface area contributed by atoms with Crippen LogP contribution in [0.3, 0.4) is 0 Å². The van der Waals surface area contributed by atoms with Crippen LogP contribution in [0.4, 0.5) is 8.78 Å². The molecule has 14 heavy (non-hydrogen) atoms. The molecule has 0 atom stereocenters. The smallest absolute Gasteiger partial charge is 0.358 e. The molecule has 0 aliphatic heterocycles. The van der Waals surface area contributed by atoms with Crippen molar-refractivity contribution in [3.63, 3.8) is 0 Å². The van der Waals surface area contributed by atoms with Crippen LogP contribution in [0.1, 0.15) is 29.7 Å². The Morgan fingerprint density at radius 1 is 1.71 bits per heavy atom. The maximum absolute atomic E-state index is 12.2. The molecule has 0 aliphatic rings. The number of alkyl halides is 2. The Hall–Kier alpha value is -1.46. The molecule has 6 heteroatoms. The maximum atomic E-state index is 12.2. The Balaban J connectivity index is 2.90. The van der Waals surface area contributed by atoms with Crippen LogP contribution in [0.25, 0.3) is 0 Å². The molecule has 1 rings (SSSR count). The van der Waals surface area contributed by atoms with Gasteiger partial charge in [-0.05, 0) is 19.9 Å². The number of aromatic nitrogens is 2. The highest BCUT2D eigenvalue weighted by Gasteiger charge is 2.17. The summed E-state index contributed by atoms with van der Waals surface area (Å²) in [6.07, 6.45) is 0. The lowest BCUT2D eigenvalue weighted by molar-refractivity contribution is 0.0473. The monoisotopic (exact) mass is 204 g/mol. The van der Waals surface area contributed by atoms with Crippen LogP contribution in [0, 0.1) is 6.92 Å². The van der Waals surface area contributed by atoms with Gasteiger partial charge in [-0.15, -0.1) is 0 Å². The van der Waals surface area contributed by atoms with Gasteiger partial charge in [0.1, 0.15) is 0 Å². The van der Waals surface area contributed by atoms with Crippen LogP contribution in [-0.2, 0) is 4.74 Å². The molecule has 0 unspecified atom stereocenters. The molecule has 1 aromatic rings. The molecule has 4 nitrogen and oxygen atoms in total. The van der Waals surface area contributed by atoms with E-state index in [1.54, 1.807) is 6.92 Å². The lowest BCUT2D eigenvalue weighted by atomic mass is 10.4. The SMILES string of the molecule is CCOC(=O)c1cc(C)n(C(F)F)n1. The normalized spacial score (nSPS) is 10.6. The van der Waals surface area contributed by atoms with Crippen LogP contribution in [0.15, 0.2) is 6.07 Å². The quantitative estimate of drug-likeness (QED) is 0.704. The molecular weight excluding hydrogens is 194 g/mol. The Kier molecular flexibility index (Phi) is 3.16. The molecule has 0 spiro atoms. The number of ether oxygens (including phenoxy) is 1. The zero-order valence-electron chi connectivity index (χ0n) is 7.83. The average Bonchev–Trinajstić information content (AvgIpc) is 2.48. The Morgan fingerprint density at radius 3 is 2.79 bits per heavy atom. The fraction of sp³-hybridized carbons (Fsp3) is 0.500.